The molecular weight excluding hydrogens is 174 g/mol. The Morgan fingerprint density at radius 2 is 2.00 bits per heavy atom. The van der Waals surface area contributed by atoms with Gasteiger partial charge in [0.05, 0.1) is 0 Å². The first-order valence-corrected chi connectivity index (χ1v) is 6.27. The van der Waals surface area contributed by atoms with Gasteiger partial charge in [-0.2, -0.15) is 0 Å². The quantitative estimate of drug-likeness (QED) is 0.727. The summed E-state index contributed by atoms with van der Waals surface area (Å²) < 4.78 is 5.49. The van der Waals surface area contributed by atoms with Crippen LogP contribution in [0.5, 0.6) is 0 Å². The lowest BCUT2D eigenvalue weighted by Gasteiger charge is -2.22. The van der Waals surface area contributed by atoms with Gasteiger partial charge in [-0.05, 0) is 50.4 Å². The van der Waals surface area contributed by atoms with Crippen LogP contribution in [0.2, 0.25) is 0 Å². The van der Waals surface area contributed by atoms with E-state index in [1.807, 2.05) is 0 Å². The Morgan fingerprint density at radius 3 is 2.79 bits per heavy atom. The zero-order chi connectivity index (χ0) is 9.38. The van der Waals surface area contributed by atoms with Crippen LogP contribution in [-0.2, 0) is 4.74 Å². The molecule has 1 N–H and O–H groups in total. The molecule has 0 aromatic rings. The van der Waals surface area contributed by atoms with E-state index in [0.29, 0.717) is 0 Å². The Balaban J connectivity index is 1.50. The van der Waals surface area contributed by atoms with Crippen LogP contribution in [0.25, 0.3) is 0 Å². The molecule has 2 aliphatic carbocycles. The molecule has 0 bridgehead atoms. The van der Waals surface area contributed by atoms with Crippen LogP contribution < -0.4 is 5.32 Å². The maximum absolute atomic E-state index is 5.49. The molecule has 3 fully saturated rings. The molecule has 2 nitrogen and oxygen atoms in total. The summed E-state index contributed by atoms with van der Waals surface area (Å²) in [5.41, 5.74) is 0. The van der Waals surface area contributed by atoms with Crippen LogP contribution in [0.15, 0.2) is 0 Å². The van der Waals surface area contributed by atoms with Crippen LogP contribution >= 0.6 is 0 Å². The zero-order valence-electron chi connectivity index (χ0n) is 8.87. The van der Waals surface area contributed by atoms with Crippen molar-refractivity contribution in [3.8, 4) is 0 Å². The van der Waals surface area contributed by atoms with Crippen LogP contribution in [0.3, 0.4) is 0 Å². The maximum Gasteiger partial charge on any atom is 0.0480 e. The second-order valence-electron chi connectivity index (χ2n) is 5.25. The fourth-order valence-electron chi connectivity index (χ4n) is 3.28. The average Bonchev–Trinajstić information content (AvgIpc) is 2.91. The van der Waals surface area contributed by atoms with Crippen LogP contribution in [0.4, 0.5) is 0 Å². The molecule has 4 atom stereocenters. The van der Waals surface area contributed by atoms with E-state index in [0.717, 1.165) is 37.1 Å². The van der Waals surface area contributed by atoms with Crippen molar-refractivity contribution < 1.29 is 4.74 Å². The van der Waals surface area contributed by atoms with E-state index in [9.17, 15) is 0 Å². The number of rotatable bonds is 2. The molecule has 1 saturated heterocycles. The Hall–Kier alpha value is -0.0800. The monoisotopic (exact) mass is 195 g/mol. The van der Waals surface area contributed by atoms with Gasteiger partial charge < -0.3 is 10.1 Å². The summed E-state index contributed by atoms with van der Waals surface area (Å²) in [6, 6.07) is 1.62. The van der Waals surface area contributed by atoms with Gasteiger partial charge in [0.1, 0.15) is 0 Å². The van der Waals surface area contributed by atoms with Gasteiger partial charge in [-0.15, -0.1) is 0 Å². The fraction of sp³-hybridized carbons (Fsp3) is 1.00. The highest BCUT2D eigenvalue weighted by Gasteiger charge is 2.48. The number of nitrogens with one attached hydrogen (secondary N) is 1. The predicted octanol–water partition coefficient (Wildman–Crippen LogP) is 1.94. The van der Waals surface area contributed by atoms with Gasteiger partial charge in [-0.1, -0.05) is 0 Å². The summed E-state index contributed by atoms with van der Waals surface area (Å²) in [5.74, 6) is 2.16. The summed E-state index contributed by atoms with van der Waals surface area (Å²) in [7, 11) is 0. The van der Waals surface area contributed by atoms with Gasteiger partial charge in [-0.3, -0.25) is 0 Å². The van der Waals surface area contributed by atoms with Crippen LogP contribution in [0.1, 0.15) is 38.5 Å². The molecule has 0 amide bonds. The smallest absolute Gasteiger partial charge is 0.0480 e. The topological polar surface area (TPSA) is 21.3 Å². The van der Waals surface area contributed by atoms with Gasteiger partial charge in [0.25, 0.3) is 0 Å². The molecule has 1 aliphatic heterocycles. The lowest BCUT2D eigenvalue weighted by atomic mass is 10.1. The van der Waals surface area contributed by atoms with Crippen molar-refractivity contribution in [2.75, 3.05) is 13.2 Å². The predicted molar refractivity (Wildman–Crippen MR) is 56.2 cm³/mol. The first kappa shape index (κ1) is 9.17. The molecule has 2 saturated carbocycles. The van der Waals surface area contributed by atoms with E-state index in [1.165, 1.54) is 38.5 Å². The van der Waals surface area contributed by atoms with Gasteiger partial charge in [0.15, 0.2) is 0 Å². The second kappa shape index (κ2) is 3.82. The Bertz CT molecular complexity index is 198. The Kier molecular flexibility index (Phi) is 2.50. The highest BCUT2D eigenvalue weighted by atomic mass is 16.5. The molecular formula is C12H21NO. The molecule has 2 unspecified atom stereocenters. The van der Waals surface area contributed by atoms with Crippen LogP contribution in [-0.4, -0.2) is 25.3 Å². The molecule has 0 spiro atoms. The van der Waals surface area contributed by atoms with Crippen molar-refractivity contribution in [1.29, 1.82) is 0 Å². The minimum absolute atomic E-state index is 0.752. The number of hydrogen-bond acceptors (Lipinski definition) is 2. The van der Waals surface area contributed by atoms with E-state index >= 15 is 0 Å². The first-order valence-electron chi connectivity index (χ1n) is 6.27. The molecule has 0 aromatic heterocycles. The molecule has 14 heavy (non-hydrogen) atoms. The van der Waals surface area contributed by atoms with Crippen LogP contribution in [0, 0.1) is 11.8 Å². The third-order valence-corrected chi connectivity index (χ3v) is 4.24. The Morgan fingerprint density at radius 1 is 1.00 bits per heavy atom. The van der Waals surface area contributed by atoms with Crippen molar-refractivity contribution in [3.63, 3.8) is 0 Å². The van der Waals surface area contributed by atoms with Crippen molar-refractivity contribution in [3.05, 3.63) is 0 Å². The normalized spacial score (nSPS) is 47.1. The summed E-state index contributed by atoms with van der Waals surface area (Å²) >= 11 is 0. The van der Waals surface area contributed by atoms with E-state index in [1.54, 1.807) is 0 Å². The average molecular weight is 195 g/mol. The number of fused-ring (bicyclic) bond motifs is 1. The SMILES string of the molecule is C1COCCC(NC2CC[C@H]3C[C@@H]23)C1. The minimum Gasteiger partial charge on any atom is -0.381 e. The van der Waals surface area contributed by atoms with Gasteiger partial charge in [0, 0.05) is 25.3 Å². The zero-order valence-corrected chi connectivity index (χ0v) is 8.87. The first-order chi connectivity index (χ1) is 6.93. The van der Waals surface area contributed by atoms with Gasteiger partial charge >= 0.3 is 0 Å². The summed E-state index contributed by atoms with van der Waals surface area (Å²) in [5, 5.41) is 3.87. The van der Waals surface area contributed by atoms with E-state index in [-0.39, 0.29) is 0 Å². The highest BCUT2D eigenvalue weighted by Crippen LogP contribution is 2.51. The van der Waals surface area contributed by atoms with Crippen molar-refractivity contribution >= 4 is 0 Å². The van der Waals surface area contributed by atoms with Crippen molar-refractivity contribution in [1.82, 2.24) is 5.32 Å². The van der Waals surface area contributed by atoms with Gasteiger partial charge in [0.2, 0.25) is 0 Å². The third-order valence-electron chi connectivity index (χ3n) is 4.24. The fourth-order valence-corrected chi connectivity index (χ4v) is 3.28. The largest absolute Gasteiger partial charge is 0.381 e. The molecule has 1 heterocycles. The molecule has 2 heteroatoms. The van der Waals surface area contributed by atoms with E-state index in [2.05, 4.69) is 5.32 Å². The second-order valence-corrected chi connectivity index (χ2v) is 5.25. The molecule has 0 radical (unpaired) electrons. The van der Waals surface area contributed by atoms with E-state index in [4.69, 9.17) is 4.74 Å². The van der Waals surface area contributed by atoms with Crippen molar-refractivity contribution in [2.45, 2.75) is 50.6 Å². The molecule has 3 rings (SSSR count). The minimum atomic E-state index is 0.752. The summed E-state index contributed by atoms with van der Waals surface area (Å²) in [6.07, 6.45) is 8.25. The standard InChI is InChI=1S/C12H21NO/c1-2-10(5-7-14-6-1)13-12-4-3-9-8-11(9)12/h9-13H,1-8H2/t9-,10?,11+,12?/m0/s1. The third kappa shape index (κ3) is 1.82. The molecule has 80 valence electrons. The molecule has 3 aliphatic rings. The maximum atomic E-state index is 5.49. The summed E-state index contributed by atoms with van der Waals surface area (Å²) in [4.78, 5) is 0. The van der Waals surface area contributed by atoms with Gasteiger partial charge in [-0.25, -0.2) is 0 Å². The van der Waals surface area contributed by atoms with Crippen molar-refractivity contribution in [2.24, 2.45) is 11.8 Å². The number of ether oxygens (including phenoxy) is 1. The number of hydrogen-bond donors (Lipinski definition) is 1. The Labute approximate surface area is 86.4 Å². The lowest BCUT2D eigenvalue weighted by molar-refractivity contribution is 0.142. The highest BCUT2D eigenvalue weighted by molar-refractivity contribution is 5.02. The molecule has 0 aromatic carbocycles. The lowest BCUT2D eigenvalue weighted by Crippen LogP contribution is -2.38. The van der Waals surface area contributed by atoms with E-state index < -0.39 is 0 Å². The summed E-state index contributed by atoms with van der Waals surface area (Å²) in [6.45, 7) is 1.95.